The molecule has 3 unspecified atom stereocenters. The minimum Gasteiger partial charge on any atom is -0.392 e. The monoisotopic (exact) mass is 220 g/mol. The van der Waals surface area contributed by atoms with Crippen molar-refractivity contribution in [1.29, 1.82) is 0 Å². The number of aliphatic hydroxyl groups is 1. The van der Waals surface area contributed by atoms with Crippen LogP contribution in [0.1, 0.15) is 52.9 Å². The average molecular weight is 220 g/mol. The van der Waals surface area contributed by atoms with Crippen molar-refractivity contribution in [3.8, 4) is 0 Å². The molecular formula is C15H24O. The molecule has 1 N–H and O–H groups in total. The second kappa shape index (κ2) is 4.03. The van der Waals surface area contributed by atoms with Crippen molar-refractivity contribution in [3.05, 3.63) is 23.3 Å². The number of hydrogen-bond acceptors (Lipinski definition) is 1. The van der Waals surface area contributed by atoms with Crippen LogP contribution in [0, 0.1) is 11.3 Å². The van der Waals surface area contributed by atoms with Gasteiger partial charge in [0.25, 0.3) is 0 Å². The van der Waals surface area contributed by atoms with E-state index in [1.54, 1.807) is 11.1 Å². The molecule has 0 bridgehead atoms. The largest absolute Gasteiger partial charge is 0.392 e. The minimum absolute atomic E-state index is 0.183. The van der Waals surface area contributed by atoms with Gasteiger partial charge in [0.05, 0.1) is 6.10 Å². The third-order valence-corrected chi connectivity index (χ3v) is 4.71. The Morgan fingerprint density at radius 1 is 1.50 bits per heavy atom. The molecule has 0 amide bonds. The lowest BCUT2D eigenvalue weighted by Gasteiger charge is -2.46. The Morgan fingerprint density at radius 2 is 2.19 bits per heavy atom. The standard InChI is InChI=1S/C15H24O/c1-10(2)12-8-13-11(3)6-5-7-15(13,4)9-14(12)16/h12,14,16H,1,5-9H2,2-4H3. The molecule has 2 aliphatic carbocycles. The third-order valence-electron chi connectivity index (χ3n) is 4.71. The van der Waals surface area contributed by atoms with Gasteiger partial charge in [0.15, 0.2) is 0 Å². The van der Waals surface area contributed by atoms with Gasteiger partial charge < -0.3 is 5.11 Å². The molecule has 1 nitrogen and oxygen atoms in total. The summed E-state index contributed by atoms with van der Waals surface area (Å²) in [6.45, 7) is 10.7. The van der Waals surface area contributed by atoms with Gasteiger partial charge in [-0.25, -0.2) is 0 Å². The molecule has 90 valence electrons. The van der Waals surface area contributed by atoms with Crippen molar-refractivity contribution < 1.29 is 5.11 Å². The van der Waals surface area contributed by atoms with Crippen molar-refractivity contribution >= 4 is 0 Å². The Labute approximate surface area is 99.3 Å². The molecule has 0 radical (unpaired) electrons. The second-order valence-electron chi connectivity index (χ2n) is 6.10. The summed E-state index contributed by atoms with van der Waals surface area (Å²) in [5.41, 5.74) is 4.61. The lowest BCUT2D eigenvalue weighted by Crippen LogP contribution is -2.39. The first-order chi connectivity index (χ1) is 7.44. The maximum absolute atomic E-state index is 10.2. The van der Waals surface area contributed by atoms with Crippen LogP contribution in [-0.4, -0.2) is 11.2 Å². The fraction of sp³-hybridized carbons (Fsp3) is 0.733. The van der Waals surface area contributed by atoms with Crippen molar-refractivity contribution in [1.82, 2.24) is 0 Å². The van der Waals surface area contributed by atoms with E-state index in [9.17, 15) is 5.11 Å². The highest BCUT2D eigenvalue weighted by Gasteiger charge is 2.42. The summed E-state index contributed by atoms with van der Waals surface area (Å²) in [7, 11) is 0. The summed E-state index contributed by atoms with van der Waals surface area (Å²) in [4.78, 5) is 0. The van der Waals surface area contributed by atoms with Crippen molar-refractivity contribution in [2.45, 2.75) is 59.0 Å². The average Bonchev–Trinajstić information content (AvgIpc) is 2.15. The topological polar surface area (TPSA) is 20.2 Å². The maximum Gasteiger partial charge on any atom is 0.0616 e. The number of rotatable bonds is 1. The van der Waals surface area contributed by atoms with Gasteiger partial charge in [-0.15, -0.1) is 0 Å². The molecule has 1 fully saturated rings. The molecule has 3 atom stereocenters. The smallest absolute Gasteiger partial charge is 0.0616 e. The molecule has 2 aliphatic rings. The summed E-state index contributed by atoms with van der Waals surface area (Å²) in [5.74, 6) is 0.288. The first-order valence-electron chi connectivity index (χ1n) is 6.46. The highest BCUT2D eigenvalue weighted by atomic mass is 16.3. The first-order valence-corrected chi connectivity index (χ1v) is 6.46. The van der Waals surface area contributed by atoms with Gasteiger partial charge in [0, 0.05) is 5.92 Å². The molecule has 16 heavy (non-hydrogen) atoms. The summed E-state index contributed by atoms with van der Waals surface area (Å²) in [6, 6.07) is 0. The quantitative estimate of drug-likeness (QED) is 0.666. The van der Waals surface area contributed by atoms with Gasteiger partial charge in [-0.3, -0.25) is 0 Å². The van der Waals surface area contributed by atoms with Crippen molar-refractivity contribution in [2.75, 3.05) is 0 Å². The molecule has 0 aromatic carbocycles. The molecule has 0 spiro atoms. The molecule has 1 heteroatoms. The van der Waals surface area contributed by atoms with Crippen molar-refractivity contribution in [3.63, 3.8) is 0 Å². The van der Waals surface area contributed by atoms with Crippen LogP contribution in [0.2, 0.25) is 0 Å². The Balaban J connectivity index is 2.32. The third kappa shape index (κ3) is 1.86. The summed E-state index contributed by atoms with van der Waals surface area (Å²) >= 11 is 0. The van der Waals surface area contributed by atoms with E-state index in [0.29, 0.717) is 0 Å². The van der Waals surface area contributed by atoms with Crippen LogP contribution < -0.4 is 0 Å². The Hall–Kier alpha value is -0.560. The van der Waals surface area contributed by atoms with E-state index >= 15 is 0 Å². The predicted molar refractivity (Wildman–Crippen MR) is 68.2 cm³/mol. The number of aliphatic hydroxyl groups excluding tert-OH is 1. The number of hydrogen-bond donors (Lipinski definition) is 1. The summed E-state index contributed by atoms with van der Waals surface area (Å²) in [6.07, 6.45) is 5.58. The van der Waals surface area contributed by atoms with Gasteiger partial charge in [-0.1, -0.05) is 30.2 Å². The molecule has 0 aliphatic heterocycles. The zero-order valence-corrected chi connectivity index (χ0v) is 10.8. The van der Waals surface area contributed by atoms with E-state index < -0.39 is 0 Å². The van der Waals surface area contributed by atoms with Crippen LogP contribution in [-0.2, 0) is 0 Å². The molecule has 0 aromatic rings. The van der Waals surface area contributed by atoms with E-state index in [2.05, 4.69) is 27.4 Å². The maximum atomic E-state index is 10.2. The van der Waals surface area contributed by atoms with E-state index in [1.165, 1.54) is 19.3 Å². The van der Waals surface area contributed by atoms with E-state index in [4.69, 9.17) is 0 Å². The Kier molecular flexibility index (Phi) is 3.00. The minimum atomic E-state index is -0.183. The predicted octanol–water partition coefficient (Wildman–Crippen LogP) is 3.84. The molecule has 0 heterocycles. The normalized spacial score (nSPS) is 39.5. The second-order valence-corrected chi connectivity index (χ2v) is 6.10. The van der Waals surface area contributed by atoms with Crippen LogP contribution in [0.4, 0.5) is 0 Å². The lowest BCUT2D eigenvalue weighted by molar-refractivity contribution is 0.0456. The number of fused-ring (bicyclic) bond motifs is 1. The molecule has 1 saturated carbocycles. The summed E-state index contributed by atoms with van der Waals surface area (Å²) in [5, 5.41) is 10.2. The van der Waals surface area contributed by atoms with Crippen LogP contribution in [0.15, 0.2) is 23.3 Å². The van der Waals surface area contributed by atoms with Crippen molar-refractivity contribution in [2.24, 2.45) is 11.3 Å². The molecular weight excluding hydrogens is 196 g/mol. The fourth-order valence-corrected chi connectivity index (χ4v) is 3.67. The Bertz CT molecular complexity index is 339. The van der Waals surface area contributed by atoms with Gasteiger partial charge in [0.2, 0.25) is 0 Å². The van der Waals surface area contributed by atoms with Crippen LogP contribution in [0.5, 0.6) is 0 Å². The molecule has 2 rings (SSSR count). The fourth-order valence-electron chi connectivity index (χ4n) is 3.67. The van der Waals surface area contributed by atoms with E-state index in [-0.39, 0.29) is 17.4 Å². The highest BCUT2D eigenvalue weighted by molar-refractivity contribution is 5.28. The number of allylic oxidation sites excluding steroid dienone is 2. The molecule has 0 saturated heterocycles. The Morgan fingerprint density at radius 3 is 2.81 bits per heavy atom. The van der Waals surface area contributed by atoms with E-state index in [1.807, 2.05) is 0 Å². The zero-order chi connectivity index (χ0) is 11.9. The van der Waals surface area contributed by atoms with Gasteiger partial charge in [-0.05, 0) is 51.4 Å². The zero-order valence-electron chi connectivity index (χ0n) is 10.8. The lowest BCUT2D eigenvalue weighted by atomic mass is 9.60. The van der Waals surface area contributed by atoms with Gasteiger partial charge in [0.1, 0.15) is 0 Å². The molecule has 0 aromatic heterocycles. The SMILES string of the molecule is C=C(C)C1CC2=C(C)CCCC2(C)CC1O. The van der Waals surface area contributed by atoms with Gasteiger partial charge >= 0.3 is 0 Å². The van der Waals surface area contributed by atoms with Crippen LogP contribution >= 0.6 is 0 Å². The van der Waals surface area contributed by atoms with Crippen LogP contribution in [0.3, 0.4) is 0 Å². The first kappa shape index (κ1) is 11.9. The van der Waals surface area contributed by atoms with Crippen LogP contribution in [0.25, 0.3) is 0 Å². The van der Waals surface area contributed by atoms with E-state index in [0.717, 1.165) is 18.4 Å². The summed E-state index contributed by atoms with van der Waals surface area (Å²) < 4.78 is 0. The van der Waals surface area contributed by atoms with Gasteiger partial charge in [-0.2, -0.15) is 0 Å². The highest BCUT2D eigenvalue weighted by Crippen LogP contribution is 2.51.